The van der Waals surface area contributed by atoms with Gasteiger partial charge in [0, 0.05) is 0 Å². The van der Waals surface area contributed by atoms with Crippen LogP contribution in [0.15, 0.2) is 12.2 Å². The largest absolute Gasteiger partial charge is 0.347 e. The van der Waals surface area contributed by atoms with Gasteiger partial charge in [-0.2, -0.15) is 5.26 Å². The van der Waals surface area contributed by atoms with Crippen molar-refractivity contribution < 1.29 is 9.47 Å². The second-order valence-corrected chi connectivity index (χ2v) is 1.90. The summed E-state index contributed by atoms with van der Waals surface area (Å²) in [5.74, 6) is 0. The molecule has 0 spiro atoms. The van der Waals surface area contributed by atoms with Crippen molar-refractivity contribution in [3.63, 3.8) is 0 Å². The Labute approximate surface area is 59.9 Å². The maximum Gasteiger partial charge on any atom is 0.177 e. The molecule has 0 aromatic rings. The van der Waals surface area contributed by atoms with Crippen molar-refractivity contribution >= 4 is 0 Å². The van der Waals surface area contributed by atoms with Gasteiger partial charge in [-0.15, -0.1) is 0 Å². The number of rotatable bonds is 2. The third-order valence-electron chi connectivity index (χ3n) is 1.15. The van der Waals surface area contributed by atoms with Crippen LogP contribution in [-0.4, -0.2) is 19.5 Å². The first kappa shape index (κ1) is 7.26. The molecule has 0 N–H and O–H groups in total. The number of allylic oxidation sites excluding steroid dienone is 1. The van der Waals surface area contributed by atoms with Crippen molar-refractivity contribution in [3.8, 4) is 6.07 Å². The lowest BCUT2D eigenvalue weighted by Gasteiger charge is -1.99. The summed E-state index contributed by atoms with van der Waals surface area (Å²) >= 11 is 0. The van der Waals surface area contributed by atoms with Crippen LogP contribution in [0.25, 0.3) is 0 Å². The highest BCUT2D eigenvalue weighted by molar-refractivity contribution is 4.93. The van der Waals surface area contributed by atoms with Gasteiger partial charge in [0.25, 0.3) is 0 Å². The molecule has 1 aliphatic heterocycles. The number of nitrogens with zero attached hydrogens (tertiary/aromatic N) is 1. The molecule has 0 aliphatic carbocycles. The van der Waals surface area contributed by atoms with Gasteiger partial charge >= 0.3 is 0 Å². The summed E-state index contributed by atoms with van der Waals surface area (Å²) in [5.41, 5.74) is 0. The van der Waals surface area contributed by atoms with Crippen molar-refractivity contribution in [2.24, 2.45) is 0 Å². The summed E-state index contributed by atoms with van der Waals surface area (Å²) in [6.45, 7) is 1.31. The minimum absolute atomic E-state index is 0.214. The molecule has 0 aromatic carbocycles. The Hall–Kier alpha value is -0.850. The van der Waals surface area contributed by atoms with Gasteiger partial charge in [0.05, 0.1) is 25.7 Å². The molecule has 0 radical (unpaired) electrons. The first-order chi connectivity index (χ1) is 4.93. The maximum atomic E-state index is 8.16. The zero-order valence-electron chi connectivity index (χ0n) is 5.62. The fourth-order valence-corrected chi connectivity index (χ4v) is 0.720. The van der Waals surface area contributed by atoms with Crippen LogP contribution < -0.4 is 0 Å². The molecule has 1 aliphatic rings. The highest BCUT2D eigenvalue weighted by Crippen LogP contribution is 2.04. The van der Waals surface area contributed by atoms with E-state index in [1.807, 2.05) is 6.07 Å². The quantitative estimate of drug-likeness (QED) is 0.532. The van der Waals surface area contributed by atoms with Crippen molar-refractivity contribution in [1.82, 2.24) is 0 Å². The standard InChI is InChI=1S/C7H9NO2/c8-4-2-1-3-7-9-5-6-10-7/h1,3,7H,2,5-6H2/b3-1+. The van der Waals surface area contributed by atoms with Crippen molar-refractivity contribution in [2.75, 3.05) is 13.2 Å². The Morgan fingerprint density at radius 3 is 2.80 bits per heavy atom. The van der Waals surface area contributed by atoms with Crippen molar-refractivity contribution in [2.45, 2.75) is 12.7 Å². The van der Waals surface area contributed by atoms with Gasteiger partial charge in [0.2, 0.25) is 0 Å². The number of nitriles is 1. The fraction of sp³-hybridized carbons (Fsp3) is 0.571. The molecule has 1 rings (SSSR count). The van der Waals surface area contributed by atoms with Gasteiger partial charge in [0.15, 0.2) is 6.29 Å². The summed E-state index contributed by atoms with van der Waals surface area (Å²) in [5, 5.41) is 8.16. The first-order valence-corrected chi connectivity index (χ1v) is 3.20. The molecule has 3 nitrogen and oxygen atoms in total. The van der Waals surface area contributed by atoms with E-state index in [1.165, 1.54) is 0 Å². The Morgan fingerprint density at radius 1 is 1.50 bits per heavy atom. The van der Waals surface area contributed by atoms with Crippen LogP contribution in [0.2, 0.25) is 0 Å². The summed E-state index contributed by atoms with van der Waals surface area (Å²) in [4.78, 5) is 0. The van der Waals surface area contributed by atoms with E-state index in [2.05, 4.69) is 0 Å². The number of ether oxygens (including phenoxy) is 2. The summed E-state index contributed by atoms with van der Waals surface area (Å²) in [6.07, 6.45) is 3.71. The molecule has 1 saturated heterocycles. The Bertz CT molecular complexity index is 153. The van der Waals surface area contributed by atoms with Crippen LogP contribution in [0.3, 0.4) is 0 Å². The summed E-state index contributed by atoms with van der Waals surface area (Å²) in [6, 6.07) is 1.99. The lowest BCUT2D eigenvalue weighted by molar-refractivity contribution is -0.00168. The van der Waals surface area contributed by atoms with E-state index >= 15 is 0 Å². The zero-order chi connectivity index (χ0) is 7.23. The molecule has 1 heterocycles. The molecule has 0 aromatic heterocycles. The molecule has 0 amide bonds. The van der Waals surface area contributed by atoms with Crippen LogP contribution in [0.5, 0.6) is 0 Å². The van der Waals surface area contributed by atoms with Gasteiger partial charge in [-0.25, -0.2) is 0 Å². The molecule has 3 heteroatoms. The molecule has 10 heavy (non-hydrogen) atoms. The number of hydrogen-bond donors (Lipinski definition) is 0. The van der Waals surface area contributed by atoms with E-state index in [-0.39, 0.29) is 6.29 Å². The second-order valence-electron chi connectivity index (χ2n) is 1.90. The van der Waals surface area contributed by atoms with Crippen LogP contribution in [0.4, 0.5) is 0 Å². The minimum atomic E-state index is -0.214. The highest BCUT2D eigenvalue weighted by atomic mass is 16.7. The Morgan fingerprint density at radius 2 is 2.20 bits per heavy atom. The highest BCUT2D eigenvalue weighted by Gasteiger charge is 2.10. The molecule has 0 saturated carbocycles. The summed E-state index contributed by atoms with van der Waals surface area (Å²) < 4.78 is 10.2. The molecular weight excluding hydrogens is 130 g/mol. The molecule has 54 valence electrons. The average Bonchev–Trinajstić information content (AvgIpc) is 2.41. The SMILES string of the molecule is N#CC/C=C/C1OCCO1. The van der Waals surface area contributed by atoms with Crippen LogP contribution >= 0.6 is 0 Å². The van der Waals surface area contributed by atoms with Crippen molar-refractivity contribution in [3.05, 3.63) is 12.2 Å². The monoisotopic (exact) mass is 139 g/mol. The van der Waals surface area contributed by atoms with Gasteiger partial charge in [-0.05, 0) is 6.08 Å². The molecule has 0 unspecified atom stereocenters. The van der Waals surface area contributed by atoms with E-state index in [0.717, 1.165) is 0 Å². The van der Waals surface area contributed by atoms with E-state index < -0.39 is 0 Å². The van der Waals surface area contributed by atoms with E-state index in [4.69, 9.17) is 14.7 Å². The van der Waals surface area contributed by atoms with E-state index in [1.54, 1.807) is 12.2 Å². The topological polar surface area (TPSA) is 42.2 Å². The van der Waals surface area contributed by atoms with Crippen LogP contribution in [0.1, 0.15) is 6.42 Å². The lowest BCUT2D eigenvalue weighted by Crippen LogP contribution is -2.01. The number of hydrogen-bond acceptors (Lipinski definition) is 3. The predicted octanol–water partition coefficient (Wildman–Crippen LogP) is 0.829. The molecular formula is C7H9NO2. The maximum absolute atomic E-state index is 8.16. The third kappa shape index (κ3) is 2.18. The van der Waals surface area contributed by atoms with E-state index in [0.29, 0.717) is 19.6 Å². The average molecular weight is 139 g/mol. The van der Waals surface area contributed by atoms with E-state index in [9.17, 15) is 0 Å². The van der Waals surface area contributed by atoms with Crippen molar-refractivity contribution in [1.29, 1.82) is 5.26 Å². The van der Waals surface area contributed by atoms with Crippen LogP contribution in [0, 0.1) is 11.3 Å². The van der Waals surface area contributed by atoms with Gasteiger partial charge in [-0.3, -0.25) is 0 Å². The molecule has 0 atom stereocenters. The Kier molecular flexibility index (Phi) is 2.94. The molecule has 0 bridgehead atoms. The predicted molar refractivity (Wildman–Crippen MR) is 35.1 cm³/mol. The minimum Gasteiger partial charge on any atom is -0.347 e. The van der Waals surface area contributed by atoms with Gasteiger partial charge < -0.3 is 9.47 Å². The van der Waals surface area contributed by atoms with Gasteiger partial charge in [0.1, 0.15) is 0 Å². The lowest BCUT2D eigenvalue weighted by atomic mass is 10.4. The fourth-order valence-electron chi connectivity index (χ4n) is 0.720. The second kappa shape index (κ2) is 4.04. The van der Waals surface area contributed by atoms with Crippen LogP contribution in [-0.2, 0) is 9.47 Å². The first-order valence-electron chi connectivity index (χ1n) is 3.20. The zero-order valence-corrected chi connectivity index (χ0v) is 5.62. The normalized spacial score (nSPS) is 19.9. The third-order valence-corrected chi connectivity index (χ3v) is 1.15. The summed E-state index contributed by atoms with van der Waals surface area (Å²) in [7, 11) is 0. The molecule has 1 fully saturated rings. The Balaban J connectivity index is 2.18. The van der Waals surface area contributed by atoms with Gasteiger partial charge in [-0.1, -0.05) is 6.08 Å². The smallest absolute Gasteiger partial charge is 0.177 e.